The van der Waals surface area contributed by atoms with Gasteiger partial charge in [-0.1, -0.05) is 40.9 Å². The number of thiocarbonyl (C=S) groups is 1. The maximum atomic E-state index is 12.9. The SMILES string of the molecule is O=C(N[C@H](NC(=S)Nc1ccc(F)cc1)C(Cl)(Cl)Cl)c1cccc(I)c1. The van der Waals surface area contributed by atoms with Crippen LogP contribution in [0.5, 0.6) is 0 Å². The van der Waals surface area contributed by atoms with Crippen LogP contribution in [0.3, 0.4) is 0 Å². The second-order valence-corrected chi connectivity index (χ2v) is 9.09. The number of alkyl halides is 3. The van der Waals surface area contributed by atoms with E-state index in [2.05, 4.69) is 38.5 Å². The molecule has 10 heteroatoms. The zero-order valence-electron chi connectivity index (χ0n) is 12.9. The Morgan fingerprint density at radius 3 is 2.35 bits per heavy atom. The molecule has 0 aliphatic carbocycles. The summed E-state index contributed by atoms with van der Waals surface area (Å²) in [5, 5.41) is 8.23. The van der Waals surface area contributed by atoms with E-state index >= 15 is 0 Å². The average Bonchev–Trinajstić information content (AvgIpc) is 2.55. The normalized spacial score (nSPS) is 12.2. The third kappa shape index (κ3) is 6.70. The van der Waals surface area contributed by atoms with Crippen molar-refractivity contribution in [2.75, 3.05) is 5.32 Å². The molecule has 0 aliphatic rings. The first kappa shape index (κ1) is 21.4. The summed E-state index contributed by atoms with van der Waals surface area (Å²) in [6, 6.07) is 12.5. The second kappa shape index (κ2) is 9.36. The summed E-state index contributed by atoms with van der Waals surface area (Å²) < 4.78 is 12.0. The van der Waals surface area contributed by atoms with Crippen molar-refractivity contribution in [3.05, 3.63) is 63.5 Å². The molecular formula is C16H12Cl3FIN3OS. The molecular weight excluding hydrogens is 535 g/mol. The molecule has 0 heterocycles. The molecule has 138 valence electrons. The summed E-state index contributed by atoms with van der Waals surface area (Å²) in [4.78, 5) is 12.4. The molecule has 3 N–H and O–H groups in total. The lowest BCUT2D eigenvalue weighted by Crippen LogP contribution is -2.56. The smallest absolute Gasteiger partial charge is 0.253 e. The monoisotopic (exact) mass is 545 g/mol. The van der Waals surface area contributed by atoms with Gasteiger partial charge in [-0.25, -0.2) is 4.39 Å². The van der Waals surface area contributed by atoms with Gasteiger partial charge in [-0.15, -0.1) is 0 Å². The predicted octanol–water partition coefficient (Wildman–Crippen LogP) is 4.84. The molecule has 2 aromatic carbocycles. The van der Waals surface area contributed by atoms with Gasteiger partial charge in [0.2, 0.25) is 3.79 Å². The van der Waals surface area contributed by atoms with Gasteiger partial charge >= 0.3 is 0 Å². The number of benzene rings is 2. The van der Waals surface area contributed by atoms with Crippen LogP contribution < -0.4 is 16.0 Å². The summed E-state index contributed by atoms with van der Waals surface area (Å²) in [7, 11) is 0. The molecule has 0 aromatic heterocycles. The number of hydrogen-bond acceptors (Lipinski definition) is 2. The van der Waals surface area contributed by atoms with Crippen LogP contribution in [-0.4, -0.2) is 21.0 Å². The van der Waals surface area contributed by atoms with Crippen LogP contribution in [0.15, 0.2) is 48.5 Å². The highest BCUT2D eigenvalue weighted by molar-refractivity contribution is 14.1. The molecule has 0 fully saturated rings. The molecule has 26 heavy (non-hydrogen) atoms. The number of anilines is 1. The van der Waals surface area contributed by atoms with E-state index in [1.54, 1.807) is 18.2 Å². The number of carbonyl (C=O) groups is 1. The maximum absolute atomic E-state index is 12.9. The standard InChI is InChI=1S/C16H12Cl3FIN3OS/c17-16(18,19)14(23-13(25)9-2-1-3-11(21)8-9)24-15(26)22-12-6-4-10(20)5-7-12/h1-8,14H,(H,23,25)(H2,22,24,26)/t14-/m1/s1. The third-order valence-corrected chi connectivity index (χ3v) is 4.61. The van der Waals surface area contributed by atoms with E-state index in [0.717, 1.165) is 3.57 Å². The van der Waals surface area contributed by atoms with E-state index in [1.165, 1.54) is 24.3 Å². The van der Waals surface area contributed by atoms with Gasteiger partial charge in [-0.2, -0.15) is 0 Å². The van der Waals surface area contributed by atoms with Gasteiger partial charge < -0.3 is 16.0 Å². The molecule has 0 spiro atoms. The fourth-order valence-corrected chi connectivity index (χ4v) is 2.98. The van der Waals surface area contributed by atoms with Gasteiger partial charge in [-0.3, -0.25) is 4.79 Å². The Morgan fingerprint density at radius 2 is 1.77 bits per heavy atom. The van der Waals surface area contributed by atoms with Gasteiger partial charge in [0, 0.05) is 14.8 Å². The van der Waals surface area contributed by atoms with Gasteiger partial charge in [0.15, 0.2) is 5.11 Å². The van der Waals surface area contributed by atoms with Crippen molar-refractivity contribution in [3.8, 4) is 0 Å². The highest BCUT2D eigenvalue weighted by atomic mass is 127. The molecule has 0 saturated heterocycles. The van der Waals surface area contributed by atoms with E-state index in [-0.39, 0.29) is 10.9 Å². The molecule has 2 aromatic rings. The lowest BCUT2D eigenvalue weighted by atomic mass is 10.2. The van der Waals surface area contributed by atoms with Crippen molar-refractivity contribution in [3.63, 3.8) is 0 Å². The van der Waals surface area contributed by atoms with E-state index < -0.39 is 15.9 Å². The quantitative estimate of drug-likeness (QED) is 0.222. The van der Waals surface area contributed by atoms with Gasteiger partial charge in [0.1, 0.15) is 12.0 Å². The van der Waals surface area contributed by atoms with Crippen LogP contribution in [0.4, 0.5) is 10.1 Å². The first-order chi connectivity index (χ1) is 12.1. The fourth-order valence-electron chi connectivity index (χ4n) is 1.88. The van der Waals surface area contributed by atoms with Crippen LogP contribution in [0.1, 0.15) is 10.4 Å². The first-order valence-corrected chi connectivity index (χ1v) is 9.73. The van der Waals surface area contributed by atoms with Gasteiger partial charge in [0.25, 0.3) is 5.91 Å². The molecule has 0 unspecified atom stereocenters. The minimum atomic E-state index is -1.87. The molecule has 0 radical (unpaired) electrons. The van der Waals surface area contributed by atoms with Crippen molar-refractivity contribution in [2.45, 2.75) is 9.96 Å². The molecule has 0 saturated carbocycles. The first-order valence-electron chi connectivity index (χ1n) is 7.11. The Kier molecular flexibility index (Phi) is 7.72. The third-order valence-electron chi connectivity index (χ3n) is 3.07. The van der Waals surface area contributed by atoms with Gasteiger partial charge in [0.05, 0.1) is 0 Å². The predicted molar refractivity (Wildman–Crippen MR) is 116 cm³/mol. The number of nitrogens with one attached hydrogen (secondary N) is 3. The Bertz CT molecular complexity index is 802. The van der Waals surface area contributed by atoms with E-state index in [9.17, 15) is 9.18 Å². The van der Waals surface area contributed by atoms with Crippen molar-refractivity contribution >= 4 is 86.3 Å². The Hall–Kier alpha value is -0.870. The molecule has 0 bridgehead atoms. The fraction of sp³-hybridized carbons (Fsp3) is 0.125. The molecule has 0 aliphatic heterocycles. The van der Waals surface area contributed by atoms with Crippen LogP contribution >= 0.6 is 69.6 Å². The van der Waals surface area contributed by atoms with Crippen molar-refractivity contribution in [1.29, 1.82) is 0 Å². The number of hydrogen-bond donors (Lipinski definition) is 3. The van der Waals surface area contributed by atoms with E-state index in [4.69, 9.17) is 47.0 Å². The second-order valence-electron chi connectivity index (χ2n) is 5.06. The summed E-state index contributed by atoms with van der Waals surface area (Å²) >= 11 is 25.1. The average molecular weight is 547 g/mol. The Balaban J connectivity index is 2.06. The number of rotatable bonds is 4. The lowest BCUT2D eigenvalue weighted by molar-refractivity contribution is 0.0934. The minimum absolute atomic E-state index is 0.0934. The summed E-state index contributed by atoms with van der Waals surface area (Å²) in [6.45, 7) is 0. The number of halogens is 5. The Labute approximate surface area is 183 Å². The van der Waals surface area contributed by atoms with E-state index in [1.807, 2.05) is 6.07 Å². The number of carbonyl (C=O) groups excluding carboxylic acids is 1. The summed E-state index contributed by atoms with van der Waals surface area (Å²) in [5.74, 6) is -0.810. The zero-order chi connectivity index (χ0) is 19.3. The molecule has 1 amide bonds. The molecule has 4 nitrogen and oxygen atoms in total. The summed E-state index contributed by atoms with van der Waals surface area (Å²) in [6.07, 6.45) is -1.10. The van der Waals surface area contributed by atoms with Gasteiger partial charge in [-0.05, 0) is 77.3 Å². The highest BCUT2D eigenvalue weighted by Gasteiger charge is 2.34. The molecule has 2 rings (SSSR count). The van der Waals surface area contributed by atoms with Crippen molar-refractivity contribution in [2.24, 2.45) is 0 Å². The molecule has 1 atom stereocenters. The van der Waals surface area contributed by atoms with Crippen LogP contribution in [0.25, 0.3) is 0 Å². The maximum Gasteiger partial charge on any atom is 0.253 e. The van der Waals surface area contributed by atoms with Crippen molar-refractivity contribution < 1.29 is 9.18 Å². The minimum Gasteiger partial charge on any atom is -0.339 e. The number of amides is 1. The summed E-state index contributed by atoms with van der Waals surface area (Å²) in [5.41, 5.74) is 0.950. The van der Waals surface area contributed by atoms with E-state index in [0.29, 0.717) is 11.3 Å². The Morgan fingerprint density at radius 1 is 1.12 bits per heavy atom. The zero-order valence-corrected chi connectivity index (χ0v) is 18.1. The van der Waals surface area contributed by atoms with Crippen LogP contribution in [0, 0.1) is 9.39 Å². The van der Waals surface area contributed by atoms with Crippen LogP contribution in [0.2, 0.25) is 0 Å². The van der Waals surface area contributed by atoms with Crippen molar-refractivity contribution in [1.82, 2.24) is 10.6 Å². The highest BCUT2D eigenvalue weighted by Crippen LogP contribution is 2.29. The largest absolute Gasteiger partial charge is 0.339 e. The van der Waals surface area contributed by atoms with Crippen LogP contribution in [-0.2, 0) is 0 Å². The topological polar surface area (TPSA) is 53.2 Å². The lowest BCUT2D eigenvalue weighted by Gasteiger charge is -2.27.